The summed E-state index contributed by atoms with van der Waals surface area (Å²) in [5.74, 6) is 0.374. The van der Waals surface area contributed by atoms with Crippen LogP contribution in [-0.2, 0) is 4.18 Å². The standard InChI is InChI=1S/C12H14FIO2S/c13-9-2-1-3-12(8-9)15-10-4-6-11(7-5-10)16-17-14/h1-3,8,10-11H,4-7H2/t10-,11+. The average Bonchev–Trinajstić information content (AvgIpc) is 2.32. The van der Waals surface area contributed by atoms with Crippen LogP contribution in [-0.4, -0.2) is 12.2 Å². The van der Waals surface area contributed by atoms with E-state index in [9.17, 15) is 4.39 Å². The van der Waals surface area contributed by atoms with Gasteiger partial charge in [-0.15, -0.1) is 0 Å². The second kappa shape index (κ2) is 6.80. The predicted molar refractivity (Wildman–Crippen MR) is 75.8 cm³/mol. The van der Waals surface area contributed by atoms with Gasteiger partial charge in [0.15, 0.2) is 0 Å². The van der Waals surface area contributed by atoms with Crippen LogP contribution < -0.4 is 4.74 Å². The van der Waals surface area contributed by atoms with Gasteiger partial charge in [-0.05, 0) is 37.8 Å². The number of ether oxygens (including phenoxy) is 1. The van der Waals surface area contributed by atoms with Crippen molar-refractivity contribution in [1.29, 1.82) is 0 Å². The van der Waals surface area contributed by atoms with E-state index in [1.54, 1.807) is 12.1 Å². The van der Waals surface area contributed by atoms with Crippen LogP contribution in [0.2, 0.25) is 0 Å². The summed E-state index contributed by atoms with van der Waals surface area (Å²) in [6, 6.07) is 6.33. The average molecular weight is 368 g/mol. The van der Waals surface area contributed by atoms with E-state index in [2.05, 4.69) is 21.2 Å². The zero-order valence-electron chi connectivity index (χ0n) is 9.27. The Hall–Kier alpha value is -0.0100. The summed E-state index contributed by atoms with van der Waals surface area (Å²) in [4.78, 5) is 0. The first-order valence-electron chi connectivity index (χ1n) is 5.64. The van der Waals surface area contributed by atoms with Crippen molar-refractivity contribution in [1.82, 2.24) is 0 Å². The minimum atomic E-state index is -0.249. The molecular weight excluding hydrogens is 354 g/mol. The van der Waals surface area contributed by atoms with E-state index in [0.717, 1.165) is 25.7 Å². The number of benzene rings is 1. The molecular formula is C12H14FIO2S. The zero-order chi connectivity index (χ0) is 12.1. The Labute approximate surface area is 117 Å². The molecule has 1 fully saturated rings. The van der Waals surface area contributed by atoms with Crippen molar-refractivity contribution in [2.24, 2.45) is 0 Å². The summed E-state index contributed by atoms with van der Waals surface area (Å²) in [6.07, 6.45) is 4.49. The second-order valence-electron chi connectivity index (χ2n) is 4.13. The fourth-order valence-corrected chi connectivity index (χ4v) is 3.21. The molecule has 1 aliphatic carbocycles. The lowest BCUT2D eigenvalue weighted by atomic mass is 9.95. The van der Waals surface area contributed by atoms with Gasteiger partial charge in [0.1, 0.15) is 11.6 Å². The molecule has 5 heteroatoms. The smallest absolute Gasteiger partial charge is 0.126 e. The van der Waals surface area contributed by atoms with Gasteiger partial charge in [0.2, 0.25) is 0 Å². The van der Waals surface area contributed by atoms with E-state index in [-0.39, 0.29) is 11.9 Å². The van der Waals surface area contributed by atoms with Gasteiger partial charge in [-0.25, -0.2) is 4.39 Å². The van der Waals surface area contributed by atoms with E-state index in [4.69, 9.17) is 8.92 Å². The maximum absolute atomic E-state index is 13.0. The van der Waals surface area contributed by atoms with Crippen LogP contribution in [0.5, 0.6) is 5.75 Å². The predicted octanol–water partition coefficient (Wildman–Crippen LogP) is 4.53. The molecule has 17 heavy (non-hydrogen) atoms. The topological polar surface area (TPSA) is 18.5 Å². The first-order chi connectivity index (χ1) is 8.28. The lowest BCUT2D eigenvalue weighted by molar-refractivity contribution is 0.0933. The third kappa shape index (κ3) is 4.30. The second-order valence-corrected chi connectivity index (χ2v) is 5.53. The monoisotopic (exact) mass is 368 g/mol. The Morgan fingerprint density at radius 3 is 2.53 bits per heavy atom. The van der Waals surface area contributed by atoms with Gasteiger partial charge in [0.05, 0.1) is 21.4 Å². The number of halogens is 2. The maximum atomic E-state index is 13.0. The van der Waals surface area contributed by atoms with Crippen molar-refractivity contribution in [2.75, 3.05) is 0 Å². The van der Waals surface area contributed by atoms with Gasteiger partial charge in [-0.2, -0.15) is 0 Å². The summed E-state index contributed by atoms with van der Waals surface area (Å²) >= 11 is 2.14. The van der Waals surface area contributed by atoms with Crippen LogP contribution >= 0.6 is 30.4 Å². The number of hydrogen-bond acceptors (Lipinski definition) is 3. The minimum absolute atomic E-state index is 0.191. The molecule has 2 rings (SSSR count). The van der Waals surface area contributed by atoms with Crippen LogP contribution in [0.15, 0.2) is 24.3 Å². The molecule has 0 aromatic heterocycles. The fraction of sp³-hybridized carbons (Fsp3) is 0.500. The van der Waals surface area contributed by atoms with E-state index in [0.29, 0.717) is 11.9 Å². The molecule has 94 valence electrons. The summed E-state index contributed by atoms with van der Waals surface area (Å²) in [5, 5.41) is 0. The molecule has 0 unspecified atom stereocenters. The molecule has 1 aromatic carbocycles. The lowest BCUT2D eigenvalue weighted by Gasteiger charge is -2.27. The largest absolute Gasteiger partial charge is 0.490 e. The van der Waals surface area contributed by atoms with Gasteiger partial charge in [-0.3, -0.25) is 0 Å². The molecule has 0 atom stereocenters. The van der Waals surface area contributed by atoms with Crippen molar-refractivity contribution in [2.45, 2.75) is 37.9 Å². The van der Waals surface area contributed by atoms with Crippen molar-refractivity contribution >= 4 is 30.4 Å². The fourth-order valence-electron chi connectivity index (χ4n) is 2.03. The molecule has 0 amide bonds. The molecule has 0 heterocycles. The molecule has 0 bridgehead atoms. The van der Waals surface area contributed by atoms with Gasteiger partial charge >= 0.3 is 0 Å². The van der Waals surface area contributed by atoms with Crippen molar-refractivity contribution in [3.63, 3.8) is 0 Å². The first kappa shape index (κ1) is 13.4. The molecule has 0 aliphatic heterocycles. The molecule has 1 aliphatic rings. The number of rotatable bonds is 4. The summed E-state index contributed by atoms with van der Waals surface area (Å²) < 4.78 is 24.2. The molecule has 0 N–H and O–H groups in total. The zero-order valence-corrected chi connectivity index (χ0v) is 12.2. The first-order valence-corrected chi connectivity index (χ1v) is 8.92. The third-order valence-electron chi connectivity index (χ3n) is 2.89. The Morgan fingerprint density at radius 1 is 1.18 bits per heavy atom. The normalized spacial score (nSPS) is 24.6. The SMILES string of the molecule is Fc1cccc(O[C@H]2CC[C@@H](OSI)CC2)c1. The maximum Gasteiger partial charge on any atom is 0.126 e. The Balaban J connectivity index is 1.82. The van der Waals surface area contributed by atoms with Crippen LogP contribution in [0.3, 0.4) is 0 Å². The van der Waals surface area contributed by atoms with E-state index < -0.39 is 0 Å². The highest BCUT2D eigenvalue weighted by atomic mass is 127. The quantitative estimate of drug-likeness (QED) is 0.575. The highest BCUT2D eigenvalue weighted by molar-refractivity contribution is 14.2. The summed E-state index contributed by atoms with van der Waals surface area (Å²) in [7, 11) is 1.39. The van der Waals surface area contributed by atoms with Crippen molar-refractivity contribution in [3.05, 3.63) is 30.1 Å². The molecule has 0 saturated heterocycles. The molecule has 0 spiro atoms. The Morgan fingerprint density at radius 2 is 1.88 bits per heavy atom. The van der Waals surface area contributed by atoms with Gasteiger partial charge in [-0.1, -0.05) is 6.07 Å². The van der Waals surface area contributed by atoms with E-state index >= 15 is 0 Å². The Kier molecular flexibility index (Phi) is 5.37. The van der Waals surface area contributed by atoms with Gasteiger partial charge in [0.25, 0.3) is 0 Å². The summed E-state index contributed by atoms with van der Waals surface area (Å²) in [5.41, 5.74) is 0. The molecule has 1 aromatic rings. The van der Waals surface area contributed by atoms with Crippen molar-refractivity contribution < 1.29 is 13.3 Å². The molecule has 2 nitrogen and oxygen atoms in total. The van der Waals surface area contributed by atoms with Crippen LogP contribution in [0, 0.1) is 5.82 Å². The number of hydrogen-bond donors (Lipinski definition) is 0. The van der Waals surface area contributed by atoms with Crippen LogP contribution in [0.4, 0.5) is 4.39 Å². The van der Waals surface area contributed by atoms with E-state index in [1.165, 1.54) is 21.3 Å². The minimum Gasteiger partial charge on any atom is -0.490 e. The lowest BCUT2D eigenvalue weighted by Crippen LogP contribution is -2.27. The highest BCUT2D eigenvalue weighted by Gasteiger charge is 2.23. The third-order valence-corrected chi connectivity index (χ3v) is 3.86. The Bertz CT molecular complexity index is 356. The van der Waals surface area contributed by atoms with Crippen LogP contribution in [0.25, 0.3) is 0 Å². The summed E-state index contributed by atoms with van der Waals surface area (Å²) in [6.45, 7) is 0. The van der Waals surface area contributed by atoms with Crippen LogP contribution in [0.1, 0.15) is 25.7 Å². The van der Waals surface area contributed by atoms with E-state index in [1.807, 2.05) is 0 Å². The van der Waals surface area contributed by atoms with Gasteiger partial charge in [0, 0.05) is 27.3 Å². The van der Waals surface area contributed by atoms with Crippen molar-refractivity contribution in [3.8, 4) is 5.75 Å². The molecule has 1 saturated carbocycles. The molecule has 0 radical (unpaired) electrons. The highest BCUT2D eigenvalue weighted by Crippen LogP contribution is 2.29. The van der Waals surface area contributed by atoms with Gasteiger partial charge < -0.3 is 8.92 Å².